The summed E-state index contributed by atoms with van der Waals surface area (Å²) >= 11 is 3.17. The van der Waals surface area contributed by atoms with Gasteiger partial charge in [0.25, 0.3) is 0 Å². The van der Waals surface area contributed by atoms with Gasteiger partial charge in [-0.25, -0.2) is 9.18 Å². The lowest BCUT2D eigenvalue weighted by molar-refractivity contribution is -0.147. The molecule has 0 fully saturated rings. The lowest BCUT2D eigenvalue weighted by Crippen LogP contribution is -2.14. The van der Waals surface area contributed by atoms with E-state index >= 15 is 0 Å². The van der Waals surface area contributed by atoms with Crippen LogP contribution in [0.5, 0.6) is 5.75 Å². The number of anilines is 1. The summed E-state index contributed by atoms with van der Waals surface area (Å²) in [5.41, 5.74) is 6.71. The third-order valence-electron chi connectivity index (χ3n) is 2.56. The Hall–Kier alpha value is -2.08. The van der Waals surface area contributed by atoms with Crippen LogP contribution in [0.25, 0.3) is 0 Å². The first kappa shape index (κ1) is 15.3. The summed E-state index contributed by atoms with van der Waals surface area (Å²) in [6.45, 7) is -0.235. The Kier molecular flexibility index (Phi) is 5.16. The smallest absolute Gasteiger partial charge is 0.344 e. The molecule has 0 aliphatic carbocycles. The van der Waals surface area contributed by atoms with Crippen molar-refractivity contribution in [3.05, 3.63) is 58.3 Å². The van der Waals surface area contributed by atoms with Gasteiger partial charge in [-0.2, -0.15) is 0 Å². The second kappa shape index (κ2) is 7.08. The molecule has 2 aromatic carbocycles. The highest BCUT2D eigenvalue weighted by molar-refractivity contribution is 9.10. The standard InChI is InChI=1S/C15H13BrFNO3/c16-11-5-10(6-12(17)7-11)8-21-15(19)9-20-14-3-1-13(18)2-4-14/h1-7H,8-9,18H2. The number of carbonyl (C=O) groups is 1. The molecule has 0 bridgehead atoms. The molecule has 0 aliphatic rings. The van der Waals surface area contributed by atoms with E-state index in [1.165, 1.54) is 12.1 Å². The molecular formula is C15H13BrFNO3. The fourth-order valence-corrected chi connectivity index (χ4v) is 2.12. The second-order valence-corrected chi connectivity index (χ2v) is 5.21. The van der Waals surface area contributed by atoms with Crippen molar-refractivity contribution in [1.29, 1.82) is 0 Å². The lowest BCUT2D eigenvalue weighted by Gasteiger charge is -2.08. The molecule has 4 nitrogen and oxygen atoms in total. The van der Waals surface area contributed by atoms with Gasteiger partial charge in [0.15, 0.2) is 6.61 Å². The maximum absolute atomic E-state index is 13.1. The Labute approximate surface area is 129 Å². The van der Waals surface area contributed by atoms with E-state index in [-0.39, 0.29) is 13.2 Å². The first-order valence-corrected chi connectivity index (χ1v) is 6.91. The van der Waals surface area contributed by atoms with Crippen LogP contribution in [0.4, 0.5) is 10.1 Å². The van der Waals surface area contributed by atoms with E-state index in [4.69, 9.17) is 15.2 Å². The van der Waals surface area contributed by atoms with Gasteiger partial charge in [0.1, 0.15) is 18.2 Å². The van der Waals surface area contributed by atoms with Crippen molar-refractivity contribution >= 4 is 27.6 Å². The van der Waals surface area contributed by atoms with E-state index in [0.29, 0.717) is 21.5 Å². The maximum Gasteiger partial charge on any atom is 0.344 e. The molecule has 0 heterocycles. The molecule has 0 radical (unpaired) electrons. The van der Waals surface area contributed by atoms with Crippen molar-refractivity contribution < 1.29 is 18.7 Å². The van der Waals surface area contributed by atoms with Crippen LogP contribution in [-0.4, -0.2) is 12.6 Å². The highest BCUT2D eigenvalue weighted by Crippen LogP contribution is 2.16. The summed E-state index contributed by atoms with van der Waals surface area (Å²) in [6, 6.07) is 11.0. The lowest BCUT2D eigenvalue weighted by atomic mass is 10.2. The SMILES string of the molecule is Nc1ccc(OCC(=O)OCc2cc(F)cc(Br)c2)cc1. The zero-order valence-corrected chi connectivity index (χ0v) is 12.6. The number of esters is 1. The van der Waals surface area contributed by atoms with Crippen molar-refractivity contribution in [2.75, 3.05) is 12.3 Å². The normalized spacial score (nSPS) is 10.2. The zero-order valence-electron chi connectivity index (χ0n) is 11.0. The molecule has 2 rings (SSSR count). The molecule has 0 unspecified atom stereocenters. The largest absolute Gasteiger partial charge is 0.482 e. The molecule has 110 valence electrons. The minimum Gasteiger partial charge on any atom is -0.482 e. The molecule has 0 aliphatic heterocycles. The van der Waals surface area contributed by atoms with E-state index in [1.54, 1.807) is 30.3 Å². The summed E-state index contributed by atoms with van der Waals surface area (Å²) in [4.78, 5) is 11.5. The Morgan fingerprint density at radius 1 is 1.19 bits per heavy atom. The highest BCUT2D eigenvalue weighted by atomic mass is 79.9. The molecule has 6 heteroatoms. The van der Waals surface area contributed by atoms with Crippen LogP contribution in [0, 0.1) is 5.82 Å². The minimum absolute atomic E-state index is 0.0136. The molecule has 0 amide bonds. The van der Waals surface area contributed by atoms with E-state index in [0.717, 1.165) is 0 Å². The first-order valence-electron chi connectivity index (χ1n) is 6.12. The number of hydrogen-bond donors (Lipinski definition) is 1. The van der Waals surface area contributed by atoms with Gasteiger partial charge >= 0.3 is 5.97 Å². The number of benzene rings is 2. The number of rotatable bonds is 5. The van der Waals surface area contributed by atoms with Crippen LogP contribution < -0.4 is 10.5 Å². The molecule has 2 aromatic rings. The van der Waals surface area contributed by atoms with E-state index in [9.17, 15) is 9.18 Å². The van der Waals surface area contributed by atoms with Crippen LogP contribution in [-0.2, 0) is 16.1 Å². The number of halogens is 2. The van der Waals surface area contributed by atoms with Crippen LogP contribution in [0.1, 0.15) is 5.56 Å². The van der Waals surface area contributed by atoms with E-state index in [2.05, 4.69) is 15.9 Å². The second-order valence-electron chi connectivity index (χ2n) is 4.30. The topological polar surface area (TPSA) is 61.5 Å². The predicted molar refractivity (Wildman–Crippen MR) is 80.2 cm³/mol. The van der Waals surface area contributed by atoms with Gasteiger partial charge in [0.2, 0.25) is 0 Å². The minimum atomic E-state index is -0.535. The van der Waals surface area contributed by atoms with Gasteiger partial charge in [0.05, 0.1) is 0 Å². The van der Waals surface area contributed by atoms with Crippen molar-refractivity contribution in [3.63, 3.8) is 0 Å². The van der Waals surface area contributed by atoms with Gasteiger partial charge in [0, 0.05) is 10.2 Å². The Balaban J connectivity index is 1.80. The molecule has 0 aromatic heterocycles. The van der Waals surface area contributed by atoms with E-state index in [1.807, 2.05) is 0 Å². The monoisotopic (exact) mass is 353 g/mol. The third-order valence-corrected chi connectivity index (χ3v) is 3.02. The zero-order chi connectivity index (χ0) is 15.2. The van der Waals surface area contributed by atoms with Gasteiger partial charge < -0.3 is 15.2 Å². The van der Waals surface area contributed by atoms with Gasteiger partial charge in [-0.3, -0.25) is 0 Å². The number of nitrogen functional groups attached to an aromatic ring is 1. The molecule has 0 saturated carbocycles. The maximum atomic E-state index is 13.1. The van der Waals surface area contributed by atoms with Crippen LogP contribution in [0.3, 0.4) is 0 Å². The Morgan fingerprint density at radius 3 is 2.57 bits per heavy atom. The van der Waals surface area contributed by atoms with Crippen LogP contribution in [0.15, 0.2) is 46.9 Å². The molecule has 0 saturated heterocycles. The average Bonchev–Trinajstić information content (AvgIpc) is 2.43. The fraction of sp³-hybridized carbons (Fsp3) is 0.133. The predicted octanol–water partition coefficient (Wildman–Crippen LogP) is 3.29. The quantitative estimate of drug-likeness (QED) is 0.661. The third kappa shape index (κ3) is 5.07. The van der Waals surface area contributed by atoms with Crippen LogP contribution >= 0.6 is 15.9 Å². The van der Waals surface area contributed by atoms with Gasteiger partial charge in [-0.1, -0.05) is 15.9 Å². The molecule has 0 spiro atoms. The number of carbonyl (C=O) groups excluding carboxylic acids is 1. The molecule has 21 heavy (non-hydrogen) atoms. The summed E-state index contributed by atoms with van der Waals surface area (Å²) in [5, 5.41) is 0. The van der Waals surface area contributed by atoms with Crippen molar-refractivity contribution in [2.45, 2.75) is 6.61 Å². The van der Waals surface area contributed by atoms with Gasteiger partial charge in [-0.05, 0) is 48.0 Å². The van der Waals surface area contributed by atoms with Gasteiger partial charge in [-0.15, -0.1) is 0 Å². The fourth-order valence-electron chi connectivity index (χ4n) is 1.61. The summed E-state index contributed by atoms with van der Waals surface area (Å²) < 4.78 is 24.0. The summed E-state index contributed by atoms with van der Waals surface area (Å²) in [6.07, 6.45) is 0. The summed E-state index contributed by atoms with van der Waals surface area (Å²) in [7, 11) is 0. The number of hydrogen-bond acceptors (Lipinski definition) is 4. The summed E-state index contributed by atoms with van der Waals surface area (Å²) in [5.74, 6) is -0.407. The number of ether oxygens (including phenoxy) is 2. The molecule has 0 atom stereocenters. The first-order chi connectivity index (χ1) is 10.0. The number of nitrogens with two attached hydrogens (primary N) is 1. The average molecular weight is 354 g/mol. The molecule has 2 N–H and O–H groups in total. The van der Waals surface area contributed by atoms with E-state index < -0.39 is 11.8 Å². The Bertz CT molecular complexity index is 611. The van der Waals surface area contributed by atoms with Crippen LogP contribution in [0.2, 0.25) is 0 Å². The van der Waals surface area contributed by atoms with Crippen molar-refractivity contribution in [1.82, 2.24) is 0 Å². The molecular weight excluding hydrogens is 341 g/mol. The van der Waals surface area contributed by atoms with Crippen molar-refractivity contribution in [2.24, 2.45) is 0 Å². The Morgan fingerprint density at radius 2 is 1.90 bits per heavy atom. The van der Waals surface area contributed by atoms with Crippen molar-refractivity contribution in [3.8, 4) is 5.75 Å². The highest BCUT2D eigenvalue weighted by Gasteiger charge is 2.06.